The highest BCUT2D eigenvalue weighted by Gasteiger charge is 2.43. The van der Waals surface area contributed by atoms with Gasteiger partial charge in [-0.3, -0.25) is 14.9 Å². The maximum atomic E-state index is 12.4. The van der Waals surface area contributed by atoms with Gasteiger partial charge in [-0.15, -0.1) is 12.4 Å². The van der Waals surface area contributed by atoms with Crippen LogP contribution in [-0.4, -0.2) is 30.9 Å². The number of nitrogens with one attached hydrogen (secondary N) is 4. The number of urea groups is 1. The van der Waals surface area contributed by atoms with Crippen molar-refractivity contribution in [3.63, 3.8) is 0 Å². The summed E-state index contributed by atoms with van der Waals surface area (Å²) < 4.78 is 0. The molecule has 4 amide bonds. The van der Waals surface area contributed by atoms with Crippen molar-refractivity contribution >= 4 is 35.9 Å². The van der Waals surface area contributed by atoms with Crippen LogP contribution in [-0.2, 0) is 15.1 Å². The summed E-state index contributed by atoms with van der Waals surface area (Å²) in [4.78, 5) is 35.9. The second-order valence-corrected chi connectivity index (χ2v) is 7.45. The van der Waals surface area contributed by atoms with Gasteiger partial charge in [-0.1, -0.05) is 19.1 Å². The van der Waals surface area contributed by atoms with E-state index in [0.717, 1.165) is 25.9 Å². The summed E-state index contributed by atoms with van der Waals surface area (Å²) in [7, 11) is 0. The smallest absolute Gasteiger partial charge is 0.322 e. The first kappa shape index (κ1) is 21.2. The summed E-state index contributed by atoms with van der Waals surface area (Å²) >= 11 is 0. The topological polar surface area (TPSA) is 99.3 Å². The average Bonchev–Trinajstić information content (AvgIpc) is 2.89. The van der Waals surface area contributed by atoms with Crippen LogP contribution >= 0.6 is 12.4 Å². The molecule has 1 aromatic carbocycles. The maximum absolute atomic E-state index is 12.4. The van der Waals surface area contributed by atoms with Crippen molar-refractivity contribution in [1.82, 2.24) is 16.0 Å². The Labute approximate surface area is 165 Å². The third kappa shape index (κ3) is 4.78. The average molecular weight is 395 g/mol. The minimum atomic E-state index is -1.13. The van der Waals surface area contributed by atoms with Crippen molar-refractivity contribution in [3.05, 3.63) is 29.8 Å². The molecule has 0 radical (unpaired) electrons. The molecule has 2 heterocycles. The van der Waals surface area contributed by atoms with Crippen LogP contribution in [0, 0.1) is 11.8 Å². The first-order valence-corrected chi connectivity index (χ1v) is 9.13. The standard InChI is InChI=1S/C19H26N4O3.ClH/c1-12(13-5-4-8-20-11-13)9-16(24)21-15-7-3-6-14(10-15)19(2)17(25)22-18(26)23-19;/h3,6-7,10,12-13,20H,4-5,8-9,11H2,1-2H3,(H,21,24)(H2,22,23,25,26);1H. The van der Waals surface area contributed by atoms with Crippen molar-refractivity contribution in [2.24, 2.45) is 11.8 Å². The Morgan fingerprint density at radius 2 is 2.15 bits per heavy atom. The van der Waals surface area contributed by atoms with Crippen molar-refractivity contribution < 1.29 is 14.4 Å². The molecule has 0 bridgehead atoms. The third-order valence-corrected chi connectivity index (χ3v) is 5.42. The minimum absolute atomic E-state index is 0. The lowest BCUT2D eigenvalue weighted by molar-refractivity contribution is -0.123. The van der Waals surface area contributed by atoms with Crippen molar-refractivity contribution in [3.8, 4) is 0 Å². The molecular formula is C19H27ClN4O3. The molecule has 2 saturated heterocycles. The largest absolute Gasteiger partial charge is 0.326 e. The fourth-order valence-corrected chi connectivity index (χ4v) is 3.69. The van der Waals surface area contributed by atoms with Gasteiger partial charge in [0.1, 0.15) is 5.54 Å². The van der Waals surface area contributed by atoms with Gasteiger partial charge in [0, 0.05) is 12.1 Å². The molecule has 2 aliphatic heterocycles. The Hall–Kier alpha value is -2.12. The van der Waals surface area contributed by atoms with E-state index >= 15 is 0 Å². The SMILES string of the molecule is CC(CC(=O)Nc1cccc(C2(C)NC(=O)NC2=O)c1)C1CCCNC1.Cl. The number of hydrogen-bond acceptors (Lipinski definition) is 4. The molecule has 27 heavy (non-hydrogen) atoms. The van der Waals surface area contributed by atoms with Gasteiger partial charge in [-0.05, 0) is 62.4 Å². The van der Waals surface area contributed by atoms with E-state index in [-0.39, 0.29) is 18.3 Å². The van der Waals surface area contributed by atoms with E-state index in [1.54, 1.807) is 31.2 Å². The lowest BCUT2D eigenvalue weighted by Gasteiger charge is -2.28. The molecule has 7 nitrogen and oxygen atoms in total. The number of piperidine rings is 1. The Morgan fingerprint density at radius 3 is 2.78 bits per heavy atom. The summed E-state index contributed by atoms with van der Waals surface area (Å²) in [5.41, 5.74) is 0.124. The summed E-state index contributed by atoms with van der Waals surface area (Å²) in [6.45, 7) is 5.79. The number of carbonyl (C=O) groups excluding carboxylic acids is 3. The monoisotopic (exact) mass is 394 g/mol. The van der Waals surface area contributed by atoms with Gasteiger partial charge in [0.15, 0.2) is 0 Å². The van der Waals surface area contributed by atoms with Crippen LogP contribution < -0.4 is 21.3 Å². The van der Waals surface area contributed by atoms with Crippen LogP contribution in [0.4, 0.5) is 10.5 Å². The van der Waals surface area contributed by atoms with Gasteiger partial charge < -0.3 is 16.0 Å². The zero-order valence-corrected chi connectivity index (χ0v) is 16.4. The van der Waals surface area contributed by atoms with Crippen molar-refractivity contribution in [2.45, 2.75) is 38.6 Å². The van der Waals surface area contributed by atoms with E-state index in [9.17, 15) is 14.4 Å². The highest BCUT2D eigenvalue weighted by atomic mass is 35.5. The Morgan fingerprint density at radius 1 is 1.37 bits per heavy atom. The number of imide groups is 1. The normalized spacial score (nSPS) is 25.8. The quantitative estimate of drug-likeness (QED) is 0.575. The van der Waals surface area contributed by atoms with Crippen LogP contribution in [0.25, 0.3) is 0 Å². The van der Waals surface area contributed by atoms with Gasteiger partial charge in [-0.2, -0.15) is 0 Å². The van der Waals surface area contributed by atoms with Gasteiger partial charge in [0.2, 0.25) is 5.91 Å². The molecule has 148 valence electrons. The van der Waals surface area contributed by atoms with E-state index < -0.39 is 17.5 Å². The Kier molecular flexibility index (Phi) is 6.84. The molecular weight excluding hydrogens is 368 g/mol. The van der Waals surface area contributed by atoms with Gasteiger partial charge in [0.25, 0.3) is 5.91 Å². The molecule has 1 aromatic rings. The van der Waals surface area contributed by atoms with Gasteiger partial charge >= 0.3 is 6.03 Å². The number of benzene rings is 1. The zero-order valence-electron chi connectivity index (χ0n) is 15.6. The second kappa shape index (κ2) is 8.71. The first-order chi connectivity index (χ1) is 12.4. The number of rotatable bonds is 5. The molecule has 8 heteroatoms. The van der Waals surface area contributed by atoms with Crippen molar-refractivity contribution in [1.29, 1.82) is 0 Å². The van der Waals surface area contributed by atoms with E-state index in [1.165, 1.54) is 0 Å². The van der Waals surface area contributed by atoms with Crippen LogP contribution in [0.2, 0.25) is 0 Å². The molecule has 4 N–H and O–H groups in total. The predicted molar refractivity (Wildman–Crippen MR) is 106 cm³/mol. The third-order valence-electron chi connectivity index (χ3n) is 5.42. The van der Waals surface area contributed by atoms with E-state index in [4.69, 9.17) is 0 Å². The highest BCUT2D eigenvalue weighted by molar-refractivity contribution is 6.07. The summed E-state index contributed by atoms with van der Waals surface area (Å²) in [6, 6.07) is 6.53. The number of anilines is 1. The lowest BCUT2D eigenvalue weighted by atomic mass is 9.85. The molecule has 2 aliphatic rings. The highest BCUT2D eigenvalue weighted by Crippen LogP contribution is 2.27. The lowest BCUT2D eigenvalue weighted by Crippen LogP contribution is -2.40. The fraction of sp³-hybridized carbons (Fsp3) is 0.526. The molecule has 0 aromatic heterocycles. The first-order valence-electron chi connectivity index (χ1n) is 9.13. The molecule has 3 rings (SSSR count). The minimum Gasteiger partial charge on any atom is -0.326 e. The van der Waals surface area contributed by atoms with Crippen molar-refractivity contribution in [2.75, 3.05) is 18.4 Å². The molecule has 3 atom stereocenters. The van der Waals surface area contributed by atoms with Crippen LogP contribution in [0.15, 0.2) is 24.3 Å². The molecule has 0 aliphatic carbocycles. The summed E-state index contributed by atoms with van der Waals surface area (Å²) in [6.07, 6.45) is 2.78. The van der Waals surface area contributed by atoms with Crippen LogP contribution in [0.1, 0.15) is 38.7 Å². The molecule has 0 saturated carbocycles. The number of carbonyl (C=O) groups is 3. The van der Waals surface area contributed by atoms with E-state index in [1.807, 2.05) is 0 Å². The number of halogens is 1. The Bertz CT molecular complexity index is 721. The van der Waals surface area contributed by atoms with Crippen LogP contribution in [0.5, 0.6) is 0 Å². The Balaban J connectivity index is 0.00000261. The van der Waals surface area contributed by atoms with Crippen LogP contribution in [0.3, 0.4) is 0 Å². The zero-order chi connectivity index (χ0) is 18.7. The predicted octanol–water partition coefficient (Wildman–Crippen LogP) is 2.13. The summed E-state index contributed by atoms with van der Waals surface area (Å²) in [5, 5.41) is 11.2. The number of amides is 4. The van der Waals surface area contributed by atoms with Gasteiger partial charge in [-0.25, -0.2) is 4.79 Å². The van der Waals surface area contributed by atoms with Gasteiger partial charge in [0.05, 0.1) is 0 Å². The van der Waals surface area contributed by atoms with E-state index in [0.29, 0.717) is 29.5 Å². The number of hydrogen-bond donors (Lipinski definition) is 4. The van der Waals surface area contributed by atoms with E-state index in [2.05, 4.69) is 28.2 Å². The molecule has 3 unspecified atom stereocenters. The molecule has 2 fully saturated rings. The molecule has 0 spiro atoms. The maximum Gasteiger partial charge on any atom is 0.322 e. The second-order valence-electron chi connectivity index (χ2n) is 7.45. The summed E-state index contributed by atoms with van der Waals surface area (Å²) in [5.74, 6) is 0.398. The fourth-order valence-electron chi connectivity index (χ4n) is 3.69.